The summed E-state index contributed by atoms with van der Waals surface area (Å²) in [5.41, 5.74) is 5.30. The van der Waals surface area contributed by atoms with E-state index in [4.69, 9.17) is 5.73 Å². The van der Waals surface area contributed by atoms with Crippen molar-refractivity contribution in [1.82, 2.24) is 6.15 Å². The molecule has 0 saturated carbocycles. The van der Waals surface area contributed by atoms with E-state index in [1.807, 2.05) is 0 Å². The van der Waals surface area contributed by atoms with E-state index in [2.05, 4.69) is 11.7 Å². The number of hydrogen-bond acceptors (Lipinski definition) is 5. The maximum atomic E-state index is 11.3. The molecule has 0 rings (SSSR count). The molecule has 20 heavy (non-hydrogen) atoms. The topological polar surface area (TPSA) is 104 Å². The van der Waals surface area contributed by atoms with E-state index in [-0.39, 0.29) is 6.15 Å². The second-order valence-electron chi connectivity index (χ2n) is 5.16. The van der Waals surface area contributed by atoms with Crippen LogP contribution < -0.4 is 11.9 Å². The van der Waals surface area contributed by atoms with Gasteiger partial charge in [0.15, 0.2) is 0 Å². The number of carbonyl (C=O) groups excluding carboxylic acids is 2. The Hall–Kier alpha value is -0.940. The molecule has 1 atom stereocenters. The van der Waals surface area contributed by atoms with Gasteiger partial charge in [-0.25, -0.2) is 4.79 Å². The molecule has 0 bridgehead atoms. The van der Waals surface area contributed by atoms with Gasteiger partial charge in [-0.2, -0.15) is 0 Å². The third-order valence-corrected chi connectivity index (χ3v) is 3.07. The second-order valence-corrected chi connectivity index (χ2v) is 5.16. The Morgan fingerprint density at radius 2 is 1.40 bits per heavy atom. The predicted molar refractivity (Wildman–Crippen MR) is 81.6 cm³/mol. The second kappa shape index (κ2) is 14.5. The summed E-state index contributed by atoms with van der Waals surface area (Å²) >= 11 is 0. The quantitative estimate of drug-likeness (QED) is 0.344. The van der Waals surface area contributed by atoms with Crippen molar-refractivity contribution < 1.29 is 14.3 Å². The molecule has 0 aliphatic carbocycles. The van der Waals surface area contributed by atoms with Gasteiger partial charge in [-0.05, 0) is 13.3 Å². The molecule has 0 saturated heterocycles. The first kappa shape index (κ1) is 21.4. The molecular formula is C15H32N2O3. The average molecular weight is 288 g/mol. The Labute approximate surface area is 123 Å². The fourth-order valence-electron chi connectivity index (χ4n) is 1.84. The predicted octanol–water partition coefficient (Wildman–Crippen LogP) is 3.49. The molecule has 0 aromatic carbocycles. The minimum atomic E-state index is -0.730. The maximum absolute atomic E-state index is 11.3. The van der Waals surface area contributed by atoms with E-state index in [1.165, 1.54) is 45.4 Å². The molecule has 0 aliphatic heterocycles. The van der Waals surface area contributed by atoms with Crippen LogP contribution in [0.5, 0.6) is 0 Å². The van der Waals surface area contributed by atoms with Crippen LogP contribution in [0.25, 0.3) is 0 Å². The summed E-state index contributed by atoms with van der Waals surface area (Å²) in [6.45, 7) is 3.73. The number of esters is 2. The zero-order chi connectivity index (χ0) is 14.5. The number of rotatable bonds is 11. The first-order chi connectivity index (χ1) is 9.07. The van der Waals surface area contributed by atoms with Gasteiger partial charge in [0.2, 0.25) is 0 Å². The number of nitrogens with two attached hydrogens (primary N) is 1. The van der Waals surface area contributed by atoms with E-state index < -0.39 is 18.0 Å². The van der Waals surface area contributed by atoms with Crippen molar-refractivity contribution >= 4 is 11.9 Å². The van der Waals surface area contributed by atoms with Crippen molar-refractivity contribution in [2.45, 2.75) is 84.1 Å². The molecule has 0 amide bonds. The minimum absolute atomic E-state index is 0. The van der Waals surface area contributed by atoms with Crippen LogP contribution in [-0.4, -0.2) is 18.0 Å². The summed E-state index contributed by atoms with van der Waals surface area (Å²) in [4.78, 5) is 22.3. The zero-order valence-electron chi connectivity index (χ0n) is 13.2. The Kier molecular flexibility index (Phi) is 15.5. The van der Waals surface area contributed by atoms with Gasteiger partial charge in [0.05, 0.1) is 0 Å². The van der Waals surface area contributed by atoms with Gasteiger partial charge in [0.25, 0.3) is 0 Å². The van der Waals surface area contributed by atoms with Crippen molar-refractivity contribution in [3.05, 3.63) is 0 Å². The lowest BCUT2D eigenvalue weighted by Gasteiger charge is -2.05. The Balaban J connectivity index is 0. The summed E-state index contributed by atoms with van der Waals surface area (Å²) in [7, 11) is 0. The van der Waals surface area contributed by atoms with Crippen molar-refractivity contribution in [2.75, 3.05) is 0 Å². The summed E-state index contributed by atoms with van der Waals surface area (Å²) in [6, 6.07) is -0.730. The number of hydrogen-bond donors (Lipinski definition) is 2. The SMILES string of the molecule is CCCCCCCCCCCC(=O)OC(=O)[C@H](C)N.N. The van der Waals surface area contributed by atoms with Gasteiger partial charge >= 0.3 is 11.9 Å². The van der Waals surface area contributed by atoms with E-state index in [0.717, 1.165) is 19.3 Å². The van der Waals surface area contributed by atoms with Crippen molar-refractivity contribution in [2.24, 2.45) is 5.73 Å². The smallest absolute Gasteiger partial charge is 0.330 e. The average Bonchev–Trinajstić information content (AvgIpc) is 2.36. The normalized spacial score (nSPS) is 11.6. The fraction of sp³-hybridized carbons (Fsp3) is 0.867. The summed E-state index contributed by atoms with van der Waals surface area (Å²) in [5, 5.41) is 0. The monoisotopic (exact) mass is 288 g/mol. The van der Waals surface area contributed by atoms with Crippen LogP contribution in [0.15, 0.2) is 0 Å². The van der Waals surface area contributed by atoms with Crippen LogP contribution in [0.1, 0.15) is 78.1 Å². The highest BCUT2D eigenvalue weighted by atomic mass is 16.6. The largest absolute Gasteiger partial charge is 0.392 e. The minimum Gasteiger partial charge on any atom is -0.392 e. The third-order valence-electron chi connectivity index (χ3n) is 3.07. The molecule has 5 N–H and O–H groups in total. The molecule has 0 radical (unpaired) electrons. The molecule has 0 aromatic rings. The van der Waals surface area contributed by atoms with Crippen LogP contribution in [0.2, 0.25) is 0 Å². The molecule has 0 fully saturated rings. The molecular weight excluding hydrogens is 256 g/mol. The molecule has 0 aromatic heterocycles. The molecule has 0 aliphatic rings. The van der Waals surface area contributed by atoms with Gasteiger partial charge in [-0.1, -0.05) is 58.3 Å². The first-order valence-corrected chi connectivity index (χ1v) is 7.58. The Morgan fingerprint density at radius 3 is 1.85 bits per heavy atom. The lowest BCUT2D eigenvalue weighted by atomic mass is 10.1. The van der Waals surface area contributed by atoms with Gasteiger partial charge in [-0.3, -0.25) is 4.79 Å². The van der Waals surface area contributed by atoms with Gasteiger partial charge in [0, 0.05) is 6.42 Å². The van der Waals surface area contributed by atoms with Crippen LogP contribution in [0.4, 0.5) is 0 Å². The van der Waals surface area contributed by atoms with Gasteiger partial charge in [0.1, 0.15) is 6.04 Å². The van der Waals surface area contributed by atoms with E-state index >= 15 is 0 Å². The summed E-state index contributed by atoms with van der Waals surface area (Å²) in [5.74, 6) is -1.09. The van der Waals surface area contributed by atoms with Crippen LogP contribution >= 0.6 is 0 Å². The zero-order valence-corrected chi connectivity index (χ0v) is 13.2. The van der Waals surface area contributed by atoms with Gasteiger partial charge in [-0.15, -0.1) is 0 Å². The summed E-state index contributed by atoms with van der Waals surface area (Å²) < 4.78 is 4.58. The maximum Gasteiger partial charge on any atom is 0.330 e. The van der Waals surface area contributed by atoms with Crippen LogP contribution in [0.3, 0.4) is 0 Å². The highest BCUT2D eigenvalue weighted by molar-refractivity contribution is 5.87. The highest BCUT2D eigenvalue weighted by Gasteiger charge is 2.13. The highest BCUT2D eigenvalue weighted by Crippen LogP contribution is 2.10. The van der Waals surface area contributed by atoms with Crippen molar-refractivity contribution in [3.8, 4) is 0 Å². The first-order valence-electron chi connectivity index (χ1n) is 7.58. The fourth-order valence-corrected chi connectivity index (χ4v) is 1.84. The van der Waals surface area contributed by atoms with E-state index in [1.54, 1.807) is 0 Å². The molecule has 5 nitrogen and oxygen atoms in total. The number of ether oxygens (including phenoxy) is 1. The lowest BCUT2D eigenvalue weighted by molar-refractivity contribution is -0.160. The summed E-state index contributed by atoms with van der Waals surface area (Å²) in [6.07, 6.45) is 11.1. The number of unbranched alkanes of at least 4 members (excludes halogenated alkanes) is 8. The number of carbonyl (C=O) groups is 2. The van der Waals surface area contributed by atoms with Crippen LogP contribution in [0, 0.1) is 0 Å². The van der Waals surface area contributed by atoms with E-state index in [0.29, 0.717) is 6.42 Å². The van der Waals surface area contributed by atoms with E-state index in [9.17, 15) is 9.59 Å². The molecule has 5 heteroatoms. The van der Waals surface area contributed by atoms with Crippen molar-refractivity contribution in [1.29, 1.82) is 0 Å². The Morgan fingerprint density at radius 1 is 0.950 bits per heavy atom. The molecule has 120 valence electrons. The lowest BCUT2D eigenvalue weighted by Crippen LogP contribution is -2.30. The standard InChI is InChI=1S/C15H29NO3.H3N/c1-3-4-5-6-7-8-9-10-11-12-14(17)19-15(18)13(2)16;/h13H,3-12,16H2,1-2H3;1H3/t13-;/m0./s1. The molecule has 0 heterocycles. The molecule has 0 unspecified atom stereocenters. The third kappa shape index (κ3) is 13.5. The van der Waals surface area contributed by atoms with Gasteiger partial charge < -0.3 is 16.6 Å². The van der Waals surface area contributed by atoms with Crippen molar-refractivity contribution in [3.63, 3.8) is 0 Å². The Bertz CT molecular complexity index is 256. The van der Waals surface area contributed by atoms with Crippen LogP contribution in [-0.2, 0) is 14.3 Å². The molecule has 0 spiro atoms.